The molecule has 0 radical (unpaired) electrons. The minimum atomic E-state index is -4.50. The summed E-state index contributed by atoms with van der Waals surface area (Å²) < 4.78 is 38.0. The molecule has 0 heterocycles. The van der Waals surface area contributed by atoms with Crippen molar-refractivity contribution in [3.63, 3.8) is 0 Å². The van der Waals surface area contributed by atoms with Crippen LogP contribution in [0.25, 0.3) is 0 Å². The molecular formula is C8H16F3NOS. The van der Waals surface area contributed by atoms with Crippen LogP contribution in [0, 0.1) is 0 Å². The number of hydrogen-bond donors (Lipinski definition) is 1. The van der Waals surface area contributed by atoms with Crippen molar-refractivity contribution in [2.45, 2.75) is 19.2 Å². The van der Waals surface area contributed by atoms with E-state index in [1.807, 2.05) is 6.26 Å². The molecule has 14 heavy (non-hydrogen) atoms. The van der Waals surface area contributed by atoms with E-state index in [4.69, 9.17) is 0 Å². The van der Waals surface area contributed by atoms with Crippen molar-refractivity contribution in [1.29, 1.82) is 0 Å². The number of unbranched alkanes of at least 4 members (excludes halogenated alkanes) is 1. The molecule has 0 spiro atoms. The van der Waals surface area contributed by atoms with Gasteiger partial charge >= 0.3 is 6.36 Å². The van der Waals surface area contributed by atoms with Crippen LogP contribution in [0.4, 0.5) is 13.2 Å². The standard InChI is InChI=1S/C8H16F3NOS/c1-14-7-3-2-4-12-5-6-13-8(9,10)11/h12H,2-7H2,1H3. The molecule has 6 heteroatoms. The van der Waals surface area contributed by atoms with Crippen molar-refractivity contribution in [3.8, 4) is 0 Å². The zero-order valence-corrected chi connectivity index (χ0v) is 9.01. The van der Waals surface area contributed by atoms with Crippen LogP contribution < -0.4 is 5.32 Å². The van der Waals surface area contributed by atoms with E-state index in [1.165, 1.54) is 0 Å². The van der Waals surface area contributed by atoms with Crippen molar-refractivity contribution in [1.82, 2.24) is 5.32 Å². The van der Waals surface area contributed by atoms with Gasteiger partial charge in [0.2, 0.25) is 0 Å². The van der Waals surface area contributed by atoms with Gasteiger partial charge in [-0.15, -0.1) is 13.2 Å². The van der Waals surface area contributed by atoms with Crippen LogP contribution in [0.5, 0.6) is 0 Å². The summed E-state index contributed by atoms with van der Waals surface area (Å²) in [5.41, 5.74) is 0. The Hall–Kier alpha value is 0.0600. The molecular weight excluding hydrogens is 215 g/mol. The SMILES string of the molecule is CSCCCCNCCOC(F)(F)F. The van der Waals surface area contributed by atoms with Crippen molar-refractivity contribution < 1.29 is 17.9 Å². The molecule has 0 aromatic rings. The number of ether oxygens (including phenoxy) is 1. The Morgan fingerprint density at radius 2 is 1.93 bits per heavy atom. The summed E-state index contributed by atoms with van der Waals surface area (Å²) in [5, 5.41) is 2.88. The molecule has 0 rings (SSSR count). The number of thioether (sulfide) groups is 1. The van der Waals surface area contributed by atoms with Crippen LogP contribution in [0.15, 0.2) is 0 Å². The van der Waals surface area contributed by atoms with Gasteiger partial charge in [0, 0.05) is 6.54 Å². The number of alkyl halides is 3. The van der Waals surface area contributed by atoms with Crippen LogP contribution in [0.2, 0.25) is 0 Å². The van der Waals surface area contributed by atoms with Gasteiger partial charge in [-0.3, -0.25) is 4.74 Å². The van der Waals surface area contributed by atoms with Crippen LogP contribution in [0.1, 0.15) is 12.8 Å². The Bertz CT molecular complexity index is 132. The fourth-order valence-electron chi connectivity index (χ4n) is 0.860. The molecule has 0 aliphatic carbocycles. The second kappa shape index (κ2) is 8.38. The Balaban J connectivity index is 2.99. The Labute approximate surface area is 86.6 Å². The van der Waals surface area contributed by atoms with Crippen LogP contribution in [-0.4, -0.2) is 38.1 Å². The van der Waals surface area contributed by atoms with Crippen molar-refractivity contribution in [2.75, 3.05) is 31.7 Å². The molecule has 0 aromatic heterocycles. The fraction of sp³-hybridized carbons (Fsp3) is 1.00. The summed E-state index contributed by atoms with van der Waals surface area (Å²) in [5.74, 6) is 1.10. The molecule has 0 atom stereocenters. The first kappa shape index (κ1) is 14.1. The molecule has 86 valence electrons. The van der Waals surface area contributed by atoms with Gasteiger partial charge in [-0.1, -0.05) is 0 Å². The van der Waals surface area contributed by atoms with E-state index < -0.39 is 6.36 Å². The minimum absolute atomic E-state index is 0.249. The molecule has 0 amide bonds. The molecule has 1 N–H and O–H groups in total. The Kier molecular flexibility index (Phi) is 8.41. The Morgan fingerprint density at radius 3 is 2.50 bits per heavy atom. The summed E-state index contributed by atoms with van der Waals surface area (Å²) >= 11 is 1.77. The smallest absolute Gasteiger partial charge is 0.314 e. The Morgan fingerprint density at radius 1 is 1.21 bits per heavy atom. The summed E-state index contributed by atoms with van der Waals surface area (Å²) in [7, 11) is 0. The van der Waals surface area contributed by atoms with Gasteiger partial charge in [0.1, 0.15) is 0 Å². The number of nitrogens with one attached hydrogen (secondary N) is 1. The first-order chi connectivity index (χ1) is 6.56. The first-order valence-electron chi connectivity index (χ1n) is 4.46. The van der Waals surface area contributed by atoms with E-state index in [-0.39, 0.29) is 13.2 Å². The molecule has 0 aliphatic rings. The summed E-state index contributed by atoms with van der Waals surface area (Å²) in [6.45, 7) is 0.687. The van der Waals surface area contributed by atoms with E-state index in [0.717, 1.165) is 25.1 Å². The molecule has 2 nitrogen and oxygen atoms in total. The number of hydrogen-bond acceptors (Lipinski definition) is 3. The maximum absolute atomic E-state index is 11.5. The highest BCUT2D eigenvalue weighted by atomic mass is 32.2. The highest BCUT2D eigenvalue weighted by molar-refractivity contribution is 7.98. The largest absolute Gasteiger partial charge is 0.522 e. The third-order valence-corrected chi connectivity index (χ3v) is 2.19. The number of halogens is 3. The van der Waals surface area contributed by atoms with Crippen LogP contribution in [0.3, 0.4) is 0 Å². The van der Waals surface area contributed by atoms with Crippen LogP contribution >= 0.6 is 11.8 Å². The van der Waals surface area contributed by atoms with Crippen LogP contribution in [-0.2, 0) is 4.74 Å². The normalized spacial score (nSPS) is 12.0. The maximum atomic E-state index is 11.5. The molecule has 0 saturated carbocycles. The van der Waals surface area contributed by atoms with Crippen molar-refractivity contribution >= 4 is 11.8 Å². The van der Waals surface area contributed by atoms with E-state index in [2.05, 4.69) is 10.1 Å². The van der Waals surface area contributed by atoms with Gasteiger partial charge in [-0.25, -0.2) is 0 Å². The molecule has 0 aliphatic heterocycles. The predicted octanol–water partition coefficient (Wildman–Crippen LogP) is 2.26. The summed E-state index contributed by atoms with van der Waals surface area (Å²) in [6.07, 6.45) is -0.383. The lowest BCUT2D eigenvalue weighted by Gasteiger charge is -2.07. The van der Waals surface area contributed by atoms with Crippen molar-refractivity contribution in [2.24, 2.45) is 0 Å². The summed E-state index contributed by atoms with van der Waals surface area (Å²) in [6, 6.07) is 0. The zero-order valence-electron chi connectivity index (χ0n) is 8.19. The van der Waals surface area contributed by atoms with Gasteiger partial charge < -0.3 is 5.32 Å². The average Bonchev–Trinajstić information content (AvgIpc) is 2.08. The monoisotopic (exact) mass is 231 g/mol. The van der Waals surface area contributed by atoms with E-state index in [0.29, 0.717) is 0 Å². The third kappa shape index (κ3) is 12.1. The lowest BCUT2D eigenvalue weighted by atomic mass is 10.3. The quantitative estimate of drug-likeness (QED) is 0.647. The molecule has 0 unspecified atom stereocenters. The second-order valence-corrected chi connectivity index (χ2v) is 3.73. The van der Waals surface area contributed by atoms with Gasteiger partial charge in [-0.05, 0) is 31.4 Å². The predicted molar refractivity (Wildman–Crippen MR) is 52.5 cm³/mol. The molecule has 0 aromatic carbocycles. The lowest BCUT2D eigenvalue weighted by Crippen LogP contribution is -2.25. The van der Waals surface area contributed by atoms with Gasteiger partial charge in [0.15, 0.2) is 0 Å². The molecule has 0 bridgehead atoms. The fourth-order valence-corrected chi connectivity index (χ4v) is 1.35. The third-order valence-electron chi connectivity index (χ3n) is 1.50. The van der Waals surface area contributed by atoms with Gasteiger partial charge in [0.05, 0.1) is 6.61 Å². The maximum Gasteiger partial charge on any atom is 0.522 e. The highest BCUT2D eigenvalue weighted by Crippen LogP contribution is 2.14. The first-order valence-corrected chi connectivity index (χ1v) is 5.86. The topological polar surface area (TPSA) is 21.3 Å². The van der Waals surface area contributed by atoms with Crippen molar-refractivity contribution in [3.05, 3.63) is 0 Å². The molecule has 0 saturated heterocycles. The second-order valence-electron chi connectivity index (χ2n) is 2.74. The van der Waals surface area contributed by atoms with Gasteiger partial charge in [-0.2, -0.15) is 11.8 Å². The minimum Gasteiger partial charge on any atom is -0.314 e. The van der Waals surface area contributed by atoms with E-state index in [9.17, 15) is 13.2 Å². The van der Waals surface area contributed by atoms with Gasteiger partial charge in [0.25, 0.3) is 0 Å². The lowest BCUT2D eigenvalue weighted by molar-refractivity contribution is -0.323. The summed E-state index contributed by atoms with van der Waals surface area (Å²) in [4.78, 5) is 0. The van der Waals surface area contributed by atoms with E-state index in [1.54, 1.807) is 11.8 Å². The van der Waals surface area contributed by atoms with E-state index >= 15 is 0 Å². The zero-order chi connectivity index (χ0) is 10.9. The average molecular weight is 231 g/mol. The number of rotatable bonds is 8. The highest BCUT2D eigenvalue weighted by Gasteiger charge is 2.28. The molecule has 0 fully saturated rings.